The molecule has 5 nitrogen and oxygen atoms in total. The molecule has 0 aliphatic heterocycles. The van der Waals surface area contributed by atoms with Crippen LogP contribution >= 0.6 is 34.9 Å². The van der Waals surface area contributed by atoms with Crippen molar-refractivity contribution in [1.29, 1.82) is 0 Å². The Morgan fingerprint density at radius 1 is 1.21 bits per heavy atom. The summed E-state index contributed by atoms with van der Waals surface area (Å²) in [6.07, 6.45) is 1.99. The Labute approximate surface area is 151 Å². The van der Waals surface area contributed by atoms with E-state index in [-0.39, 0.29) is 5.82 Å². The number of thiazole rings is 1. The van der Waals surface area contributed by atoms with E-state index in [0.717, 1.165) is 16.5 Å². The summed E-state index contributed by atoms with van der Waals surface area (Å²) in [5.41, 5.74) is 0.937. The van der Waals surface area contributed by atoms with Crippen LogP contribution in [0, 0.1) is 5.82 Å². The van der Waals surface area contributed by atoms with Gasteiger partial charge in [-0.1, -0.05) is 11.8 Å². The van der Waals surface area contributed by atoms with Gasteiger partial charge in [0, 0.05) is 11.1 Å². The lowest BCUT2D eigenvalue weighted by Gasteiger charge is -2.03. The van der Waals surface area contributed by atoms with E-state index in [1.807, 2.05) is 11.6 Å². The summed E-state index contributed by atoms with van der Waals surface area (Å²) in [7, 11) is 0. The summed E-state index contributed by atoms with van der Waals surface area (Å²) in [4.78, 5) is 4.51. The van der Waals surface area contributed by atoms with Crippen molar-refractivity contribution in [2.75, 3.05) is 6.26 Å². The third-order valence-corrected chi connectivity index (χ3v) is 5.09. The van der Waals surface area contributed by atoms with Crippen LogP contribution < -0.4 is 4.74 Å². The molecule has 9 heteroatoms. The van der Waals surface area contributed by atoms with Crippen molar-refractivity contribution in [2.45, 2.75) is 23.3 Å². The van der Waals surface area contributed by atoms with Gasteiger partial charge in [-0.05, 0) is 30.5 Å². The molecule has 0 amide bonds. The van der Waals surface area contributed by atoms with Crippen molar-refractivity contribution in [2.24, 2.45) is 0 Å². The van der Waals surface area contributed by atoms with Gasteiger partial charge < -0.3 is 9.15 Å². The Morgan fingerprint density at radius 2 is 2.04 bits per heavy atom. The number of halogens is 1. The van der Waals surface area contributed by atoms with Crippen molar-refractivity contribution < 1.29 is 13.5 Å². The molecule has 0 aliphatic carbocycles. The topological polar surface area (TPSA) is 61.0 Å². The molecule has 24 heavy (non-hydrogen) atoms. The standard InChI is InChI=1S/C15H14FN3O2S3/c1-22-9-13-18-19-15(21-13)24-8-11-7-23-14(17-11)6-20-12-4-2-10(16)3-5-12/h2-5,7H,6,8-9H2,1H3. The highest BCUT2D eigenvalue weighted by molar-refractivity contribution is 7.98. The summed E-state index contributed by atoms with van der Waals surface area (Å²) in [5.74, 6) is 2.35. The predicted octanol–water partition coefficient (Wildman–Crippen LogP) is 4.40. The molecule has 3 aromatic rings. The summed E-state index contributed by atoms with van der Waals surface area (Å²) < 4.78 is 23.9. The Morgan fingerprint density at radius 3 is 2.83 bits per heavy atom. The first-order valence-electron chi connectivity index (χ1n) is 6.98. The first-order chi connectivity index (χ1) is 11.7. The van der Waals surface area contributed by atoms with Crippen molar-refractivity contribution in [3.05, 3.63) is 52.1 Å². The number of benzene rings is 1. The third kappa shape index (κ3) is 4.96. The molecule has 0 unspecified atom stereocenters. The van der Waals surface area contributed by atoms with E-state index in [2.05, 4.69) is 15.2 Å². The second-order valence-corrected chi connectivity index (χ2v) is 7.39. The molecule has 0 bridgehead atoms. The molecule has 1 aromatic carbocycles. The van der Waals surface area contributed by atoms with E-state index in [1.165, 1.54) is 35.2 Å². The van der Waals surface area contributed by atoms with Crippen molar-refractivity contribution in [3.63, 3.8) is 0 Å². The van der Waals surface area contributed by atoms with Gasteiger partial charge in [-0.25, -0.2) is 9.37 Å². The minimum Gasteiger partial charge on any atom is -0.486 e. The number of hydrogen-bond donors (Lipinski definition) is 0. The zero-order chi connectivity index (χ0) is 16.8. The lowest BCUT2D eigenvalue weighted by molar-refractivity contribution is 0.305. The highest BCUT2D eigenvalue weighted by Crippen LogP contribution is 2.24. The van der Waals surface area contributed by atoms with Gasteiger partial charge in [0.2, 0.25) is 5.89 Å². The molecule has 0 radical (unpaired) electrons. The zero-order valence-electron chi connectivity index (χ0n) is 12.8. The smallest absolute Gasteiger partial charge is 0.276 e. The van der Waals surface area contributed by atoms with Gasteiger partial charge >= 0.3 is 0 Å². The van der Waals surface area contributed by atoms with Gasteiger partial charge in [0.05, 0.1) is 11.4 Å². The third-order valence-electron chi connectivity index (χ3n) is 2.83. The van der Waals surface area contributed by atoms with E-state index in [0.29, 0.717) is 29.2 Å². The van der Waals surface area contributed by atoms with Gasteiger partial charge in [-0.3, -0.25) is 0 Å². The molecular formula is C15H14FN3O2S3. The van der Waals surface area contributed by atoms with E-state index in [4.69, 9.17) is 9.15 Å². The van der Waals surface area contributed by atoms with Gasteiger partial charge in [0.25, 0.3) is 5.22 Å². The van der Waals surface area contributed by atoms with Crippen LogP contribution in [-0.4, -0.2) is 21.4 Å². The van der Waals surface area contributed by atoms with Crippen LogP contribution in [0.3, 0.4) is 0 Å². The molecule has 2 aromatic heterocycles. The minimum absolute atomic E-state index is 0.280. The molecule has 0 saturated heterocycles. The van der Waals surface area contributed by atoms with Crippen molar-refractivity contribution >= 4 is 34.9 Å². The molecule has 2 heterocycles. The van der Waals surface area contributed by atoms with E-state index in [9.17, 15) is 4.39 Å². The SMILES string of the molecule is CSCc1nnc(SCc2csc(COc3ccc(F)cc3)n2)o1. The first-order valence-corrected chi connectivity index (χ1v) is 10.2. The Bertz CT molecular complexity index is 776. The van der Waals surface area contributed by atoms with Crippen LogP contribution in [0.4, 0.5) is 4.39 Å². The minimum atomic E-state index is -0.280. The lowest BCUT2D eigenvalue weighted by Crippen LogP contribution is -1.95. The van der Waals surface area contributed by atoms with Crippen LogP contribution in [0.1, 0.15) is 16.6 Å². The fraction of sp³-hybridized carbons (Fsp3) is 0.267. The number of aromatic nitrogens is 3. The molecule has 0 saturated carbocycles. The maximum Gasteiger partial charge on any atom is 0.276 e. The van der Waals surface area contributed by atoms with Gasteiger partial charge in [0.15, 0.2) is 0 Å². The van der Waals surface area contributed by atoms with E-state index >= 15 is 0 Å². The van der Waals surface area contributed by atoms with Crippen LogP contribution in [0.5, 0.6) is 5.75 Å². The maximum absolute atomic E-state index is 12.8. The Hall–Kier alpha value is -1.58. The van der Waals surface area contributed by atoms with Crippen molar-refractivity contribution in [1.82, 2.24) is 15.2 Å². The normalized spacial score (nSPS) is 10.9. The molecule has 0 atom stereocenters. The Kier molecular flexibility index (Phi) is 6.11. The van der Waals surface area contributed by atoms with Gasteiger partial charge in [0.1, 0.15) is 23.2 Å². The number of hydrogen-bond acceptors (Lipinski definition) is 8. The second-order valence-electron chi connectivity index (χ2n) is 4.66. The average molecular weight is 383 g/mol. The largest absolute Gasteiger partial charge is 0.486 e. The number of thioether (sulfide) groups is 2. The lowest BCUT2D eigenvalue weighted by atomic mass is 10.3. The average Bonchev–Trinajstić information content (AvgIpc) is 3.22. The van der Waals surface area contributed by atoms with Crippen LogP contribution in [0.15, 0.2) is 39.3 Å². The quantitative estimate of drug-likeness (QED) is 0.534. The van der Waals surface area contributed by atoms with Crippen LogP contribution in [-0.2, 0) is 18.1 Å². The molecular weight excluding hydrogens is 369 g/mol. The van der Waals surface area contributed by atoms with Crippen LogP contribution in [0.25, 0.3) is 0 Å². The summed E-state index contributed by atoms with van der Waals surface area (Å²) in [5, 5.41) is 11.4. The molecule has 0 N–H and O–H groups in total. The molecule has 0 aliphatic rings. The zero-order valence-corrected chi connectivity index (χ0v) is 15.2. The highest BCUT2D eigenvalue weighted by Gasteiger charge is 2.09. The van der Waals surface area contributed by atoms with Gasteiger partial charge in [-0.15, -0.1) is 21.5 Å². The molecule has 3 rings (SSSR count). The van der Waals surface area contributed by atoms with Gasteiger partial charge in [-0.2, -0.15) is 11.8 Å². The van der Waals surface area contributed by atoms with E-state index < -0.39 is 0 Å². The fourth-order valence-corrected chi connectivity index (χ4v) is 3.62. The maximum atomic E-state index is 12.8. The van der Waals surface area contributed by atoms with E-state index in [1.54, 1.807) is 23.9 Å². The number of nitrogens with zero attached hydrogens (tertiary/aromatic N) is 3. The monoisotopic (exact) mass is 383 g/mol. The first kappa shape index (κ1) is 17.2. The molecule has 0 fully saturated rings. The molecule has 0 spiro atoms. The highest BCUT2D eigenvalue weighted by atomic mass is 32.2. The second kappa shape index (κ2) is 8.50. The number of ether oxygens (including phenoxy) is 1. The number of rotatable bonds is 8. The summed E-state index contributed by atoms with van der Waals surface area (Å²) >= 11 is 4.63. The Balaban J connectivity index is 1.48. The molecule has 126 valence electrons. The van der Waals surface area contributed by atoms with Crippen LogP contribution in [0.2, 0.25) is 0 Å². The summed E-state index contributed by atoms with van der Waals surface area (Å²) in [6.45, 7) is 0.361. The fourth-order valence-electron chi connectivity index (χ4n) is 1.77. The van der Waals surface area contributed by atoms with Crippen molar-refractivity contribution in [3.8, 4) is 5.75 Å². The summed E-state index contributed by atoms with van der Waals surface area (Å²) in [6, 6.07) is 5.94. The predicted molar refractivity (Wildman–Crippen MR) is 93.9 cm³/mol.